The average molecular weight is 257 g/mol. The Labute approximate surface area is 111 Å². The lowest BCUT2D eigenvalue weighted by Crippen LogP contribution is -2.09. The maximum Gasteiger partial charge on any atom is 0.100 e. The third kappa shape index (κ3) is 1.67. The summed E-state index contributed by atoms with van der Waals surface area (Å²) in [5, 5.41) is 11.0. The molecule has 0 atom stereocenters. The zero-order valence-electron chi connectivity index (χ0n) is 10.3. The molecule has 1 heterocycles. The minimum Gasteiger partial charge on any atom is -0.252 e. The highest BCUT2D eigenvalue weighted by atomic mass is 35.5. The summed E-state index contributed by atoms with van der Waals surface area (Å²) >= 11 is 6.10. The molecular formula is C15H13ClN2. The Kier molecular flexibility index (Phi) is 2.72. The molecule has 18 heavy (non-hydrogen) atoms. The van der Waals surface area contributed by atoms with Crippen molar-refractivity contribution in [1.82, 2.24) is 4.98 Å². The molecule has 3 heteroatoms. The number of hydrogen-bond acceptors (Lipinski definition) is 2. The zero-order valence-corrected chi connectivity index (χ0v) is 11.0. The number of rotatable bonds is 0. The fraction of sp³-hybridized carbons (Fsp3) is 0.333. The Balaban J connectivity index is 2.45. The first kappa shape index (κ1) is 11.5. The first-order valence-electron chi connectivity index (χ1n) is 6.22. The first-order valence-corrected chi connectivity index (χ1v) is 6.60. The van der Waals surface area contributed by atoms with Crippen LogP contribution >= 0.6 is 11.6 Å². The lowest BCUT2D eigenvalue weighted by atomic mass is 9.90. The van der Waals surface area contributed by atoms with E-state index in [-0.39, 0.29) is 0 Å². The van der Waals surface area contributed by atoms with E-state index in [1.807, 2.05) is 19.1 Å². The lowest BCUT2D eigenvalue weighted by Gasteiger charge is -2.18. The van der Waals surface area contributed by atoms with E-state index >= 15 is 0 Å². The predicted molar refractivity (Wildman–Crippen MR) is 72.8 cm³/mol. The van der Waals surface area contributed by atoms with Crippen LogP contribution in [0.4, 0.5) is 0 Å². The van der Waals surface area contributed by atoms with Gasteiger partial charge in [0.2, 0.25) is 0 Å². The number of fused-ring (bicyclic) bond motifs is 2. The van der Waals surface area contributed by atoms with Gasteiger partial charge in [-0.05, 0) is 55.9 Å². The van der Waals surface area contributed by atoms with Gasteiger partial charge < -0.3 is 0 Å². The molecule has 0 amide bonds. The molecule has 1 aliphatic rings. The fourth-order valence-corrected chi connectivity index (χ4v) is 3.05. The van der Waals surface area contributed by atoms with Crippen LogP contribution in [0, 0.1) is 18.3 Å². The van der Waals surface area contributed by atoms with Crippen LogP contribution in [-0.2, 0) is 12.8 Å². The van der Waals surface area contributed by atoms with Gasteiger partial charge in [-0.3, -0.25) is 4.98 Å². The molecule has 90 valence electrons. The predicted octanol–water partition coefficient (Wildman–Crippen LogP) is 3.95. The average Bonchev–Trinajstić information content (AvgIpc) is 2.36. The van der Waals surface area contributed by atoms with Crippen LogP contribution in [-0.4, -0.2) is 4.98 Å². The first-order chi connectivity index (χ1) is 8.70. The molecule has 2 aromatic rings. The van der Waals surface area contributed by atoms with E-state index in [0.717, 1.165) is 52.5 Å². The number of halogens is 1. The molecule has 0 unspecified atom stereocenters. The topological polar surface area (TPSA) is 36.7 Å². The molecule has 0 spiro atoms. The molecule has 3 rings (SSSR count). The largest absolute Gasteiger partial charge is 0.252 e. The van der Waals surface area contributed by atoms with Gasteiger partial charge in [0.25, 0.3) is 0 Å². The van der Waals surface area contributed by atoms with Crippen molar-refractivity contribution >= 4 is 22.5 Å². The molecule has 1 aromatic carbocycles. The van der Waals surface area contributed by atoms with Crippen LogP contribution in [0.3, 0.4) is 0 Å². The van der Waals surface area contributed by atoms with E-state index in [1.54, 1.807) is 0 Å². The number of pyridine rings is 1. The van der Waals surface area contributed by atoms with Crippen LogP contribution < -0.4 is 0 Å². The number of nitriles is 1. The Morgan fingerprint density at radius 1 is 1.28 bits per heavy atom. The second-order valence-corrected chi connectivity index (χ2v) is 5.29. The van der Waals surface area contributed by atoms with E-state index in [0.29, 0.717) is 5.02 Å². The van der Waals surface area contributed by atoms with E-state index in [9.17, 15) is 5.26 Å². The Bertz CT molecular complexity index is 683. The quantitative estimate of drug-likeness (QED) is 0.716. The van der Waals surface area contributed by atoms with Crippen LogP contribution in [0.1, 0.15) is 35.2 Å². The van der Waals surface area contributed by atoms with Crippen molar-refractivity contribution in [3.8, 4) is 6.07 Å². The van der Waals surface area contributed by atoms with Crippen molar-refractivity contribution in [3.63, 3.8) is 0 Å². The summed E-state index contributed by atoms with van der Waals surface area (Å²) in [6, 6.07) is 6.13. The smallest absolute Gasteiger partial charge is 0.100 e. The highest BCUT2D eigenvalue weighted by Crippen LogP contribution is 2.31. The number of aryl methyl sites for hydroxylation is 2. The van der Waals surface area contributed by atoms with Gasteiger partial charge in [-0.1, -0.05) is 11.6 Å². The van der Waals surface area contributed by atoms with Crippen molar-refractivity contribution in [2.75, 3.05) is 0 Å². The lowest BCUT2D eigenvalue weighted by molar-refractivity contribution is 0.670. The SMILES string of the molecule is Cc1cc(Cl)cc2c(C#N)c3c(nc12)CCCC3. The molecule has 0 aliphatic heterocycles. The van der Waals surface area contributed by atoms with Crippen LogP contribution in [0.15, 0.2) is 12.1 Å². The maximum absolute atomic E-state index is 9.45. The molecule has 1 aliphatic carbocycles. The van der Waals surface area contributed by atoms with Crippen LogP contribution in [0.5, 0.6) is 0 Å². The van der Waals surface area contributed by atoms with Gasteiger partial charge in [0.15, 0.2) is 0 Å². The van der Waals surface area contributed by atoms with E-state index in [2.05, 4.69) is 6.07 Å². The Morgan fingerprint density at radius 2 is 2.06 bits per heavy atom. The minimum atomic E-state index is 0.675. The van der Waals surface area contributed by atoms with Crippen LogP contribution in [0.2, 0.25) is 5.02 Å². The second-order valence-electron chi connectivity index (χ2n) is 4.85. The van der Waals surface area contributed by atoms with E-state index in [1.165, 1.54) is 6.42 Å². The van der Waals surface area contributed by atoms with E-state index in [4.69, 9.17) is 16.6 Å². The monoisotopic (exact) mass is 256 g/mol. The summed E-state index contributed by atoms with van der Waals surface area (Å²) in [7, 11) is 0. The molecule has 0 N–H and O–H groups in total. The van der Waals surface area contributed by atoms with Crippen molar-refractivity contribution in [2.45, 2.75) is 32.6 Å². The van der Waals surface area contributed by atoms with Gasteiger partial charge in [-0.25, -0.2) is 0 Å². The summed E-state index contributed by atoms with van der Waals surface area (Å²) in [5.74, 6) is 0. The number of hydrogen-bond donors (Lipinski definition) is 0. The molecule has 0 radical (unpaired) electrons. The molecule has 2 nitrogen and oxygen atoms in total. The molecule has 0 saturated heterocycles. The number of aromatic nitrogens is 1. The maximum atomic E-state index is 9.45. The van der Waals surface area contributed by atoms with Gasteiger partial charge in [0.1, 0.15) is 6.07 Å². The van der Waals surface area contributed by atoms with Gasteiger partial charge >= 0.3 is 0 Å². The van der Waals surface area contributed by atoms with Crippen molar-refractivity contribution in [2.24, 2.45) is 0 Å². The Morgan fingerprint density at radius 3 is 2.83 bits per heavy atom. The number of nitrogens with zero attached hydrogens (tertiary/aromatic N) is 2. The highest BCUT2D eigenvalue weighted by molar-refractivity contribution is 6.31. The molecule has 0 bridgehead atoms. The summed E-state index contributed by atoms with van der Waals surface area (Å²) in [5.41, 5.74) is 4.99. The van der Waals surface area contributed by atoms with Crippen LogP contribution in [0.25, 0.3) is 10.9 Å². The fourth-order valence-electron chi connectivity index (χ4n) is 2.78. The van der Waals surface area contributed by atoms with Gasteiger partial charge in [-0.15, -0.1) is 0 Å². The highest BCUT2D eigenvalue weighted by Gasteiger charge is 2.19. The molecule has 0 saturated carbocycles. The van der Waals surface area contributed by atoms with Gasteiger partial charge in [0.05, 0.1) is 11.1 Å². The molecular weight excluding hydrogens is 244 g/mol. The second kappa shape index (κ2) is 4.26. The van der Waals surface area contributed by atoms with E-state index < -0.39 is 0 Å². The summed E-state index contributed by atoms with van der Waals surface area (Å²) < 4.78 is 0. The normalized spacial score (nSPS) is 14.3. The minimum absolute atomic E-state index is 0.675. The van der Waals surface area contributed by atoms with Crippen molar-refractivity contribution < 1.29 is 0 Å². The third-order valence-corrected chi connectivity index (χ3v) is 3.85. The molecule has 1 aromatic heterocycles. The summed E-state index contributed by atoms with van der Waals surface area (Å²) in [4.78, 5) is 4.76. The summed E-state index contributed by atoms with van der Waals surface area (Å²) in [6.07, 6.45) is 4.27. The standard InChI is InChI=1S/C15H13ClN2/c1-9-6-10(16)7-12-13(8-17)11-4-2-3-5-14(11)18-15(9)12/h6-7H,2-5H2,1H3. The van der Waals surface area contributed by atoms with Gasteiger partial charge in [-0.2, -0.15) is 5.26 Å². The Hall–Kier alpha value is -1.59. The van der Waals surface area contributed by atoms with Crippen molar-refractivity contribution in [1.29, 1.82) is 5.26 Å². The van der Waals surface area contributed by atoms with Crippen molar-refractivity contribution in [3.05, 3.63) is 39.5 Å². The third-order valence-electron chi connectivity index (χ3n) is 3.63. The summed E-state index contributed by atoms with van der Waals surface area (Å²) in [6.45, 7) is 2.00. The zero-order chi connectivity index (χ0) is 12.7. The van der Waals surface area contributed by atoms with Gasteiger partial charge in [0, 0.05) is 16.1 Å². The molecule has 0 fully saturated rings. The number of benzene rings is 1.